The molecule has 2 aliphatic rings. The fourth-order valence-corrected chi connectivity index (χ4v) is 4.20. The molecule has 27 heavy (non-hydrogen) atoms. The summed E-state index contributed by atoms with van der Waals surface area (Å²) in [5.41, 5.74) is 1.90. The minimum absolute atomic E-state index is 0.118. The molecule has 4 atom stereocenters. The predicted octanol–water partition coefficient (Wildman–Crippen LogP) is 2.02. The molecule has 0 radical (unpaired) electrons. The van der Waals surface area contributed by atoms with E-state index in [9.17, 15) is 9.18 Å². The van der Waals surface area contributed by atoms with Gasteiger partial charge < -0.3 is 20.3 Å². The third-order valence-electron chi connectivity index (χ3n) is 5.06. The maximum atomic E-state index is 13.8. The van der Waals surface area contributed by atoms with E-state index in [1.54, 1.807) is 6.20 Å². The first-order valence-electron chi connectivity index (χ1n) is 9.11. The number of alkyl halides is 1. The van der Waals surface area contributed by atoms with E-state index in [0.717, 1.165) is 21.1 Å². The molecule has 2 fully saturated rings. The summed E-state index contributed by atoms with van der Waals surface area (Å²) in [5.74, 6) is -0.262. The van der Waals surface area contributed by atoms with Crippen molar-refractivity contribution in [1.29, 1.82) is 0 Å². The van der Waals surface area contributed by atoms with E-state index in [1.165, 1.54) is 0 Å². The van der Waals surface area contributed by atoms with Gasteiger partial charge in [0.1, 0.15) is 6.17 Å². The van der Waals surface area contributed by atoms with E-state index in [-0.39, 0.29) is 18.6 Å². The van der Waals surface area contributed by atoms with Crippen LogP contribution >= 0.6 is 15.9 Å². The molecule has 0 unspecified atom stereocenters. The number of halogens is 2. The largest absolute Gasteiger partial charge is 0.365 e. The lowest BCUT2D eigenvalue weighted by molar-refractivity contribution is -0.138. The molecule has 1 amide bonds. The predicted molar refractivity (Wildman–Crippen MR) is 106 cm³/mol. The molecule has 0 spiro atoms. The van der Waals surface area contributed by atoms with Crippen molar-refractivity contribution in [2.45, 2.75) is 31.3 Å². The standard InChI is InChI=1S/C19H22BrFN4O2/c1-11-9-25(16-5-4-13(20)18-12(16)3-2-6-23-18)10-17(27-11)19(26)24-15-8-22-7-14(15)21/h2-6,11,14-15,17,22H,7-10H2,1H3,(H,24,26)/t11-,14+,15-,17-/m1/s1. The Balaban J connectivity index is 1.56. The second-order valence-electron chi connectivity index (χ2n) is 7.10. The number of pyridine rings is 1. The molecule has 2 aliphatic heterocycles. The van der Waals surface area contributed by atoms with E-state index < -0.39 is 18.3 Å². The Morgan fingerprint density at radius 3 is 3.00 bits per heavy atom. The monoisotopic (exact) mass is 436 g/mol. The minimum atomic E-state index is -1.06. The van der Waals surface area contributed by atoms with Crippen molar-refractivity contribution in [1.82, 2.24) is 15.6 Å². The molecule has 0 aliphatic carbocycles. The number of carbonyl (C=O) groups is 1. The molecule has 0 bridgehead atoms. The summed E-state index contributed by atoms with van der Waals surface area (Å²) >= 11 is 3.55. The van der Waals surface area contributed by atoms with E-state index in [1.807, 2.05) is 31.2 Å². The number of hydrogen-bond acceptors (Lipinski definition) is 5. The second kappa shape index (κ2) is 7.69. The van der Waals surface area contributed by atoms with Crippen LogP contribution in [-0.2, 0) is 9.53 Å². The Hall–Kier alpha value is -1.77. The first kappa shape index (κ1) is 18.6. The van der Waals surface area contributed by atoms with Gasteiger partial charge in [0, 0.05) is 41.4 Å². The summed E-state index contributed by atoms with van der Waals surface area (Å²) in [6.45, 7) is 3.75. The van der Waals surface area contributed by atoms with Crippen LogP contribution < -0.4 is 15.5 Å². The van der Waals surface area contributed by atoms with Gasteiger partial charge in [-0.25, -0.2) is 4.39 Å². The topological polar surface area (TPSA) is 66.5 Å². The van der Waals surface area contributed by atoms with Crippen molar-refractivity contribution in [2.75, 3.05) is 31.1 Å². The number of amides is 1. The number of hydrogen-bond donors (Lipinski definition) is 2. The molecule has 0 saturated carbocycles. The number of aromatic nitrogens is 1. The van der Waals surface area contributed by atoms with Crippen molar-refractivity contribution in [3.8, 4) is 0 Å². The average Bonchev–Trinajstić information content (AvgIpc) is 3.06. The second-order valence-corrected chi connectivity index (χ2v) is 7.95. The number of nitrogens with zero attached hydrogens (tertiary/aromatic N) is 2. The summed E-state index contributed by atoms with van der Waals surface area (Å²) in [7, 11) is 0. The number of fused-ring (bicyclic) bond motifs is 1. The lowest BCUT2D eigenvalue weighted by Crippen LogP contribution is -2.55. The first-order valence-corrected chi connectivity index (χ1v) is 9.91. The lowest BCUT2D eigenvalue weighted by Gasteiger charge is -2.38. The number of rotatable bonds is 3. The van der Waals surface area contributed by atoms with Gasteiger partial charge in [-0.05, 0) is 47.1 Å². The van der Waals surface area contributed by atoms with Gasteiger partial charge >= 0.3 is 0 Å². The lowest BCUT2D eigenvalue weighted by atomic mass is 10.1. The highest BCUT2D eigenvalue weighted by molar-refractivity contribution is 9.10. The molecule has 2 N–H and O–H groups in total. The van der Waals surface area contributed by atoms with Crippen LogP contribution in [0.4, 0.5) is 10.1 Å². The molecule has 2 saturated heterocycles. The number of benzene rings is 1. The van der Waals surface area contributed by atoms with Gasteiger partial charge in [0.25, 0.3) is 5.91 Å². The van der Waals surface area contributed by atoms with Crippen molar-refractivity contribution in [3.63, 3.8) is 0 Å². The maximum absolute atomic E-state index is 13.8. The first-order chi connectivity index (χ1) is 13.0. The quantitative estimate of drug-likeness (QED) is 0.770. The zero-order valence-corrected chi connectivity index (χ0v) is 16.6. The Morgan fingerprint density at radius 2 is 2.22 bits per heavy atom. The molecule has 1 aromatic carbocycles. The Labute approximate surface area is 165 Å². The van der Waals surface area contributed by atoms with E-state index in [2.05, 4.69) is 36.4 Å². The van der Waals surface area contributed by atoms with Gasteiger partial charge in [-0.3, -0.25) is 9.78 Å². The van der Waals surface area contributed by atoms with Crippen molar-refractivity contribution in [2.24, 2.45) is 0 Å². The highest BCUT2D eigenvalue weighted by atomic mass is 79.9. The van der Waals surface area contributed by atoms with Gasteiger partial charge in [0.2, 0.25) is 0 Å². The molecule has 8 heteroatoms. The third kappa shape index (κ3) is 3.79. The van der Waals surface area contributed by atoms with Crippen LogP contribution in [0.1, 0.15) is 6.92 Å². The molecule has 2 aromatic rings. The Kier molecular flexibility index (Phi) is 5.29. The minimum Gasteiger partial charge on any atom is -0.365 e. The third-order valence-corrected chi connectivity index (χ3v) is 5.70. The molecule has 1 aromatic heterocycles. The number of ether oxygens (including phenoxy) is 1. The molecule has 4 rings (SSSR count). The van der Waals surface area contributed by atoms with E-state index in [0.29, 0.717) is 19.6 Å². The number of nitrogens with one attached hydrogen (secondary N) is 2. The van der Waals surface area contributed by atoms with Crippen LogP contribution in [-0.4, -0.2) is 61.5 Å². The molecule has 6 nitrogen and oxygen atoms in total. The highest BCUT2D eigenvalue weighted by Gasteiger charge is 2.35. The SMILES string of the molecule is C[C@@H]1CN(c2ccc(Br)c3ncccc23)C[C@H](C(=O)N[C@@H]2CNC[C@@H]2F)O1. The van der Waals surface area contributed by atoms with Gasteiger partial charge in [-0.2, -0.15) is 0 Å². The maximum Gasteiger partial charge on any atom is 0.251 e. The summed E-state index contributed by atoms with van der Waals surface area (Å²) in [6, 6.07) is 7.43. The number of morpholine rings is 1. The zero-order valence-electron chi connectivity index (χ0n) is 15.0. The molecule has 144 valence electrons. The van der Waals surface area contributed by atoms with Crippen LogP contribution in [0.25, 0.3) is 10.9 Å². The van der Waals surface area contributed by atoms with Crippen LogP contribution in [0, 0.1) is 0 Å². The van der Waals surface area contributed by atoms with Gasteiger partial charge in [0.05, 0.1) is 24.2 Å². The average molecular weight is 437 g/mol. The van der Waals surface area contributed by atoms with Crippen LogP contribution in [0.3, 0.4) is 0 Å². The highest BCUT2D eigenvalue weighted by Crippen LogP contribution is 2.32. The van der Waals surface area contributed by atoms with Gasteiger partial charge in [0.15, 0.2) is 6.10 Å². The summed E-state index contributed by atoms with van der Waals surface area (Å²) < 4.78 is 20.6. The molecule has 3 heterocycles. The van der Waals surface area contributed by atoms with Crippen molar-refractivity contribution >= 4 is 38.4 Å². The van der Waals surface area contributed by atoms with E-state index >= 15 is 0 Å². The molecular weight excluding hydrogens is 415 g/mol. The summed E-state index contributed by atoms with van der Waals surface area (Å²) in [6.07, 6.45) is -0.0600. The van der Waals surface area contributed by atoms with Crippen LogP contribution in [0.5, 0.6) is 0 Å². The number of carbonyl (C=O) groups excluding carboxylic acids is 1. The smallest absolute Gasteiger partial charge is 0.251 e. The fourth-order valence-electron chi connectivity index (χ4n) is 3.76. The van der Waals surface area contributed by atoms with Crippen LogP contribution in [0.15, 0.2) is 34.9 Å². The van der Waals surface area contributed by atoms with Gasteiger partial charge in [-0.1, -0.05) is 0 Å². The fraction of sp³-hybridized carbons (Fsp3) is 0.474. The van der Waals surface area contributed by atoms with Crippen LogP contribution in [0.2, 0.25) is 0 Å². The normalized spacial score (nSPS) is 28.5. The zero-order chi connectivity index (χ0) is 19.0. The van der Waals surface area contributed by atoms with E-state index in [4.69, 9.17) is 4.74 Å². The van der Waals surface area contributed by atoms with Crippen molar-refractivity contribution < 1.29 is 13.9 Å². The van der Waals surface area contributed by atoms with Gasteiger partial charge in [-0.15, -0.1) is 0 Å². The molecular formula is C19H22BrFN4O2. The number of anilines is 1. The Bertz CT molecular complexity index is 852. The Morgan fingerprint density at radius 1 is 1.37 bits per heavy atom. The van der Waals surface area contributed by atoms with Crippen molar-refractivity contribution in [3.05, 3.63) is 34.9 Å². The summed E-state index contributed by atoms with van der Waals surface area (Å²) in [4.78, 5) is 19.3. The summed E-state index contributed by atoms with van der Waals surface area (Å²) in [5, 5.41) is 6.75.